The van der Waals surface area contributed by atoms with Gasteiger partial charge in [-0.1, -0.05) is 48.5 Å². The summed E-state index contributed by atoms with van der Waals surface area (Å²) in [5.41, 5.74) is -0.577. The van der Waals surface area contributed by atoms with Crippen LogP contribution in [-0.4, -0.2) is 10.7 Å². The van der Waals surface area contributed by atoms with Gasteiger partial charge in [0.1, 0.15) is 0 Å². The molecule has 1 atom stereocenters. The number of hydrogen-bond acceptors (Lipinski definition) is 1. The molecule has 0 bridgehead atoms. The van der Waals surface area contributed by atoms with Crippen molar-refractivity contribution in [3.05, 3.63) is 0 Å². The molecule has 0 amide bonds. The highest BCUT2D eigenvalue weighted by Crippen LogP contribution is 2.40. The number of aliphatic hydroxyl groups is 1. The predicted molar refractivity (Wildman–Crippen MR) is 58.7 cm³/mol. The van der Waals surface area contributed by atoms with Crippen molar-refractivity contribution in [1.29, 1.82) is 0 Å². The third-order valence-corrected chi connectivity index (χ3v) is 2.97. The number of rotatable bonds is 3. The summed E-state index contributed by atoms with van der Waals surface area (Å²) in [6.07, 6.45) is 0.883. The highest BCUT2D eigenvalue weighted by molar-refractivity contribution is 4.93. The van der Waals surface area contributed by atoms with Crippen LogP contribution in [0.5, 0.6) is 0 Å². The fraction of sp³-hybridized carbons (Fsp3) is 1.00. The average Bonchev–Trinajstić information content (AvgIpc) is 1.82. The molecule has 13 heavy (non-hydrogen) atoms. The summed E-state index contributed by atoms with van der Waals surface area (Å²) < 4.78 is 0. The lowest BCUT2D eigenvalue weighted by atomic mass is 9.66. The summed E-state index contributed by atoms with van der Waals surface area (Å²) in [4.78, 5) is 0. The molecule has 0 aliphatic carbocycles. The SMILES string of the molecule is CC(C)CC(O)(C(C)C)C(C)(C)C. The third-order valence-electron chi connectivity index (χ3n) is 2.97. The van der Waals surface area contributed by atoms with E-state index in [4.69, 9.17) is 0 Å². The van der Waals surface area contributed by atoms with E-state index < -0.39 is 5.60 Å². The quantitative estimate of drug-likeness (QED) is 0.715. The van der Waals surface area contributed by atoms with Gasteiger partial charge in [-0.05, 0) is 23.7 Å². The summed E-state index contributed by atoms with van der Waals surface area (Å²) in [5, 5.41) is 10.6. The standard InChI is InChI=1S/C12H26O/c1-9(2)8-12(13,10(3)4)11(5,6)7/h9-10,13H,8H2,1-7H3. The topological polar surface area (TPSA) is 20.2 Å². The van der Waals surface area contributed by atoms with Gasteiger partial charge < -0.3 is 5.11 Å². The first kappa shape index (κ1) is 13.0. The Morgan fingerprint density at radius 2 is 1.38 bits per heavy atom. The fourth-order valence-corrected chi connectivity index (χ4v) is 2.03. The largest absolute Gasteiger partial charge is 0.389 e. The molecule has 0 radical (unpaired) electrons. The van der Waals surface area contributed by atoms with Crippen molar-refractivity contribution in [2.45, 2.75) is 60.5 Å². The lowest BCUT2D eigenvalue weighted by Gasteiger charge is -2.45. The van der Waals surface area contributed by atoms with Crippen LogP contribution in [0.4, 0.5) is 0 Å². The molecule has 0 aromatic carbocycles. The molecule has 1 nitrogen and oxygen atoms in total. The van der Waals surface area contributed by atoms with Crippen LogP contribution in [0.1, 0.15) is 54.9 Å². The summed E-state index contributed by atoms with van der Waals surface area (Å²) in [5.74, 6) is 0.863. The molecule has 0 rings (SSSR count). The van der Waals surface area contributed by atoms with E-state index in [-0.39, 0.29) is 5.41 Å². The Morgan fingerprint density at radius 3 is 1.46 bits per heavy atom. The van der Waals surface area contributed by atoms with Crippen LogP contribution in [0.2, 0.25) is 0 Å². The smallest absolute Gasteiger partial charge is 0.0720 e. The molecule has 0 aliphatic heterocycles. The van der Waals surface area contributed by atoms with Crippen LogP contribution < -0.4 is 0 Å². The van der Waals surface area contributed by atoms with E-state index in [1.807, 2.05) is 0 Å². The Bertz CT molecular complexity index is 153. The highest BCUT2D eigenvalue weighted by Gasteiger charge is 2.42. The van der Waals surface area contributed by atoms with Crippen molar-refractivity contribution in [2.24, 2.45) is 17.3 Å². The Kier molecular flexibility index (Phi) is 3.98. The van der Waals surface area contributed by atoms with Crippen molar-refractivity contribution in [1.82, 2.24) is 0 Å². The van der Waals surface area contributed by atoms with Crippen LogP contribution in [0.25, 0.3) is 0 Å². The van der Waals surface area contributed by atoms with Gasteiger partial charge in [0.2, 0.25) is 0 Å². The molecule has 0 fully saturated rings. The third kappa shape index (κ3) is 2.98. The maximum Gasteiger partial charge on any atom is 0.0720 e. The minimum Gasteiger partial charge on any atom is -0.389 e. The van der Waals surface area contributed by atoms with Crippen molar-refractivity contribution in [3.63, 3.8) is 0 Å². The first-order valence-corrected chi connectivity index (χ1v) is 5.33. The minimum absolute atomic E-state index is 0.0363. The zero-order chi connectivity index (χ0) is 10.9. The lowest BCUT2D eigenvalue weighted by molar-refractivity contribution is -0.108. The minimum atomic E-state index is -0.541. The second-order valence-corrected chi connectivity index (χ2v) is 5.93. The van der Waals surface area contributed by atoms with Gasteiger partial charge in [0.25, 0.3) is 0 Å². The van der Waals surface area contributed by atoms with E-state index in [2.05, 4.69) is 48.5 Å². The Morgan fingerprint density at radius 1 is 1.00 bits per heavy atom. The van der Waals surface area contributed by atoms with Gasteiger partial charge in [-0.2, -0.15) is 0 Å². The van der Waals surface area contributed by atoms with Gasteiger partial charge in [-0.15, -0.1) is 0 Å². The molecule has 0 aliphatic rings. The normalized spacial score (nSPS) is 18.0. The summed E-state index contributed by atoms with van der Waals surface area (Å²) in [7, 11) is 0. The van der Waals surface area contributed by atoms with E-state index in [9.17, 15) is 5.11 Å². The van der Waals surface area contributed by atoms with Crippen LogP contribution >= 0.6 is 0 Å². The van der Waals surface area contributed by atoms with Crippen LogP contribution in [0, 0.1) is 17.3 Å². The van der Waals surface area contributed by atoms with Crippen LogP contribution in [0.15, 0.2) is 0 Å². The van der Waals surface area contributed by atoms with E-state index >= 15 is 0 Å². The second kappa shape index (κ2) is 4.00. The Hall–Kier alpha value is -0.0400. The van der Waals surface area contributed by atoms with E-state index in [1.54, 1.807) is 0 Å². The monoisotopic (exact) mass is 186 g/mol. The molecule has 0 aromatic rings. The predicted octanol–water partition coefficient (Wildman–Crippen LogP) is 3.47. The average molecular weight is 186 g/mol. The summed E-state index contributed by atoms with van der Waals surface area (Å²) in [6.45, 7) is 14.9. The number of hydrogen-bond donors (Lipinski definition) is 1. The molecular weight excluding hydrogens is 160 g/mol. The van der Waals surface area contributed by atoms with Gasteiger partial charge in [0.15, 0.2) is 0 Å². The van der Waals surface area contributed by atoms with Gasteiger partial charge in [0, 0.05) is 0 Å². The summed E-state index contributed by atoms with van der Waals surface area (Å²) in [6, 6.07) is 0. The van der Waals surface area contributed by atoms with E-state index in [0.29, 0.717) is 11.8 Å². The Balaban J connectivity index is 4.74. The summed E-state index contributed by atoms with van der Waals surface area (Å²) >= 11 is 0. The first-order chi connectivity index (χ1) is 5.61. The van der Waals surface area contributed by atoms with Gasteiger partial charge in [0.05, 0.1) is 5.60 Å². The molecule has 0 spiro atoms. The maximum absolute atomic E-state index is 10.6. The van der Waals surface area contributed by atoms with Gasteiger partial charge in [-0.25, -0.2) is 0 Å². The van der Waals surface area contributed by atoms with Crippen molar-refractivity contribution >= 4 is 0 Å². The molecule has 0 aromatic heterocycles. The molecule has 80 valence electrons. The fourth-order valence-electron chi connectivity index (χ4n) is 2.03. The van der Waals surface area contributed by atoms with Crippen molar-refractivity contribution in [2.75, 3.05) is 0 Å². The first-order valence-electron chi connectivity index (χ1n) is 5.33. The maximum atomic E-state index is 10.6. The molecule has 1 N–H and O–H groups in total. The van der Waals surface area contributed by atoms with E-state index in [1.165, 1.54) is 0 Å². The molecule has 0 saturated heterocycles. The lowest BCUT2D eigenvalue weighted by Crippen LogP contribution is -2.48. The molecule has 0 heterocycles. The zero-order valence-electron chi connectivity index (χ0n) is 10.3. The van der Waals surface area contributed by atoms with Gasteiger partial charge in [-0.3, -0.25) is 0 Å². The highest BCUT2D eigenvalue weighted by atomic mass is 16.3. The molecule has 1 heteroatoms. The van der Waals surface area contributed by atoms with Crippen molar-refractivity contribution < 1.29 is 5.11 Å². The Labute approximate surface area is 83.5 Å². The molecular formula is C12H26O. The molecule has 1 unspecified atom stereocenters. The van der Waals surface area contributed by atoms with Gasteiger partial charge >= 0.3 is 0 Å². The second-order valence-electron chi connectivity index (χ2n) is 5.93. The van der Waals surface area contributed by atoms with E-state index in [0.717, 1.165) is 6.42 Å². The molecule has 0 saturated carbocycles. The van der Waals surface area contributed by atoms with Crippen molar-refractivity contribution in [3.8, 4) is 0 Å². The van der Waals surface area contributed by atoms with Crippen LogP contribution in [-0.2, 0) is 0 Å². The zero-order valence-corrected chi connectivity index (χ0v) is 10.3. The van der Waals surface area contributed by atoms with Crippen LogP contribution in [0.3, 0.4) is 0 Å².